The number of hydrogen-bond acceptors (Lipinski definition) is 6. The first kappa shape index (κ1) is 22.4. The monoisotopic (exact) mass is 371 g/mol. The van der Waals surface area contributed by atoms with E-state index in [1.54, 1.807) is 20.8 Å². The van der Waals surface area contributed by atoms with Crippen LogP contribution in [0.2, 0.25) is 0 Å². The quantitative estimate of drug-likeness (QED) is 0.661. The lowest BCUT2D eigenvalue weighted by Crippen LogP contribution is -2.54. The molecule has 0 bridgehead atoms. The van der Waals surface area contributed by atoms with Gasteiger partial charge in [0.25, 0.3) is 0 Å². The van der Waals surface area contributed by atoms with Gasteiger partial charge in [-0.05, 0) is 54.4 Å². The van der Waals surface area contributed by atoms with Crippen molar-refractivity contribution in [3.63, 3.8) is 0 Å². The molecule has 0 radical (unpaired) electrons. The molecule has 8 nitrogen and oxygen atoms in total. The Kier molecular flexibility index (Phi) is 7.58. The lowest BCUT2D eigenvalue weighted by atomic mass is 10.1. The number of likely N-dealkylation sites (tertiary alicyclic amines) is 1. The molecule has 2 amide bonds. The summed E-state index contributed by atoms with van der Waals surface area (Å²) in [6, 6.07) is -1.57. The predicted octanol–water partition coefficient (Wildman–Crippen LogP) is 0.578. The molecule has 1 heterocycles. The van der Waals surface area contributed by atoms with Crippen molar-refractivity contribution < 1.29 is 23.9 Å². The Bertz CT molecular complexity index is 522. The molecular weight excluding hydrogens is 338 g/mol. The fourth-order valence-electron chi connectivity index (χ4n) is 2.60. The van der Waals surface area contributed by atoms with Crippen LogP contribution in [0.25, 0.3) is 0 Å². The molecule has 0 aromatic rings. The van der Waals surface area contributed by atoms with Crippen LogP contribution in [-0.2, 0) is 23.9 Å². The van der Waals surface area contributed by atoms with E-state index in [2.05, 4.69) is 5.32 Å². The van der Waals surface area contributed by atoms with Gasteiger partial charge < -0.3 is 25.4 Å². The molecule has 3 N–H and O–H groups in total. The van der Waals surface area contributed by atoms with Crippen LogP contribution < -0.4 is 11.1 Å². The van der Waals surface area contributed by atoms with E-state index >= 15 is 0 Å². The van der Waals surface area contributed by atoms with Crippen LogP contribution in [0.5, 0.6) is 0 Å². The molecule has 2 atom stereocenters. The van der Waals surface area contributed by atoms with E-state index in [0.29, 0.717) is 13.0 Å². The highest BCUT2D eigenvalue weighted by Gasteiger charge is 2.36. The topological polar surface area (TPSA) is 111 Å². The summed E-state index contributed by atoms with van der Waals surface area (Å²) < 4.78 is 11.1. The summed E-state index contributed by atoms with van der Waals surface area (Å²) >= 11 is 0. The second-order valence-electron chi connectivity index (χ2n) is 8.47. The summed E-state index contributed by atoms with van der Waals surface area (Å²) in [5, 5.41) is 2.69. The van der Waals surface area contributed by atoms with Gasteiger partial charge in [-0.3, -0.25) is 9.59 Å². The second-order valence-corrected chi connectivity index (χ2v) is 8.47. The van der Waals surface area contributed by atoms with E-state index in [0.717, 1.165) is 6.42 Å². The molecule has 8 heteroatoms. The van der Waals surface area contributed by atoms with Crippen LogP contribution in [0.3, 0.4) is 0 Å². The zero-order chi connectivity index (χ0) is 20.1. The van der Waals surface area contributed by atoms with Gasteiger partial charge in [0, 0.05) is 6.54 Å². The molecule has 0 spiro atoms. The first-order valence-electron chi connectivity index (χ1n) is 9.01. The molecule has 1 aliphatic rings. The molecule has 1 rings (SSSR count). The van der Waals surface area contributed by atoms with Crippen LogP contribution >= 0.6 is 0 Å². The summed E-state index contributed by atoms with van der Waals surface area (Å²) in [5.74, 6) is -1.23. The number of amides is 2. The van der Waals surface area contributed by atoms with Gasteiger partial charge in [0.05, 0.1) is 18.8 Å². The Morgan fingerprint density at radius 2 is 1.77 bits per heavy atom. The van der Waals surface area contributed by atoms with Crippen LogP contribution in [0.1, 0.15) is 54.4 Å². The van der Waals surface area contributed by atoms with Crippen LogP contribution in [0.15, 0.2) is 0 Å². The number of rotatable bonds is 6. The van der Waals surface area contributed by atoms with Crippen molar-refractivity contribution in [2.24, 2.45) is 5.73 Å². The van der Waals surface area contributed by atoms with Gasteiger partial charge in [-0.2, -0.15) is 0 Å². The largest absolute Gasteiger partial charge is 0.458 e. The number of nitrogens with one attached hydrogen (secondary N) is 1. The Morgan fingerprint density at radius 1 is 1.15 bits per heavy atom. The first-order valence-corrected chi connectivity index (χ1v) is 9.01. The normalized spacial score (nSPS) is 19.2. The highest BCUT2D eigenvalue weighted by molar-refractivity contribution is 5.91. The predicted molar refractivity (Wildman–Crippen MR) is 97.3 cm³/mol. The third-order valence-electron chi connectivity index (χ3n) is 3.74. The van der Waals surface area contributed by atoms with Crippen LogP contribution in [0, 0.1) is 0 Å². The minimum Gasteiger partial charge on any atom is -0.458 e. The van der Waals surface area contributed by atoms with Crippen molar-refractivity contribution in [1.82, 2.24) is 10.2 Å². The molecule has 1 saturated heterocycles. The number of nitrogens with zero attached hydrogens (tertiary/aromatic N) is 1. The van der Waals surface area contributed by atoms with E-state index in [1.807, 2.05) is 20.8 Å². The highest BCUT2D eigenvalue weighted by Crippen LogP contribution is 2.18. The summed E-state index contributed by atoms with van der Waals surface area (Å²) in [4.78, 5) is 38.5. The van der Waals surface area contributed by atoms with E-state index in [1.165, 1.54) is 4.90 Å². The molecule has 1 aliphatic heterocycles. The van der Waals surface area contributed by atoms with Crippen molar-refractivity contribution in [1.29, 1.82) is 0 Å². The molecule has 1 fully saturated rings. The summed E-state index contributed by atoms with van der Waals surface area (Å²) in [5.41, 5.74) is 4.26. The van der Waals surface area contributed by atoms with E-state index in [-0.39, 0.29) is 19.1 Å². The minimum absolute atomic E-state index is 0.0122. The average molecular weight is 371 g/mol. The van der Waals surface area contributed by atoms with E-state index in [4.69, 9.17) is 15.2 Å². The SMILES string of the molecule is CC(C)(C)OC[C@H](NC(=O)[C@@H]1CCCN1C(=O)CN)C(=O)OC(C)(C)C. The van der Waals surface area contributed by atoms with Gasteiger partial charge in [0.1, 0.15) is 11.6 Å². The average Bonchev–Trinajstić information content (AvgIpc) is 2.97. The van der Waals surface area contributed by atoms with Crippen molar-refractivity contribution in [2.75, 3.05) is 19.7 Å². The molecule has 26 heavy (non-hydrogen) atoms. The van der Waals surface area contributed by atoms with E-state index < -0.39 is 35.2 Å². The standard InChI is InChI=1S/C18H33N3O5/c1-17(2,3)25-11-12(16(24)26-18(4,5)6)20-15(23)13-8-7-9-21(13)14(22)10-19/h12-13H,7-11,19H2,1-6H3,(H,20,23)/t12-,13-/m0/s1. The van der Waals surface area contributed by atoms with Crippen molar-refractivity contribution in [2.45, 2.75) is 77.7 Å². The Hall–Kier alpha value is -1.67. The minimum atomic E-state index is -0.948. The Labute approximate surface area is 155 Å². The molecule has 0 aromatic carbocycles. The number of carbonyl (C=O) groups is 3. The molecule has 0 saturated carbocycles. The number of ether oxygens (including phenoxy) is 2. The van der Waals surface area contributed by atoms with Gasteiger partial charge in [-0.15, -0.1) is 0 Å². The zero-order valence-electron chi connectivity index (χ0n) is 16.8. The third kappa shape index (κ3) is 7.29. The first-order chi connectivity index (χ1) is 11.8. The highest BCUT2D eigenvalue weighted by atomic mass is 16.6. The molecule has 150 valence electrons. The van der Waals surface area contributed by atoms with Gasteiger partial charge in [-0.1, -0.05) is 0 Å². The van der Waals surface area contributed by atoms with Crippen LogP contribution in [-0.4, -0.2) is 65.7 Å². The van der Waals surface area contributed by atoms with Crippen molar-refractivity contribution in [3.8, 4) is 0 Å². The molecule has 0 aromatic heterocycles. The lowest BCUT2D eigenvalue weighted by molar-refractivity contribution is -0.162. The molecule has 0 aliphatic carbocycles. The van der Waals surface area contributed by atoms with Crippen LogP contribution in [0.4, 0.5) is 0 Å². The maximum atomic E-state index is 12.7. The van der Waals surface area contributed by atoms with Gasteiger partial charge in [0.2, 0.25) is 11.8 Å². The Morgan fingerprint density at radius 3 is 2.27 bits per heavy atom. The fraction of sp³-hybridized carbons (Fsp3) is 0.833. The van der Waals surface area contributed by atoms with Crippen molar-refractivity contribution >= 4 is 17.8 Å². The smallest absolute Gasteiger partial charge is 0.331 e. The van der Waals surface area contributed by atoms with Gasteiger partial charge in [-0.25, -0.2) is 4.79 Å². The molecule has 0 unspecified atom stereocenters. The number of carbonyl (C=O) groups excluding carboxylic acids is 3. The van der Waals surface area contributed by atoms with E-state index in [9.17, 15) is 14.4 Å². The van der Waals surface area contributed by atoms with Gasteiger partial charge >= 0.3 is 5.97 Å². The summed E-state index contributed by atoms with van der Waals surface area (Å²) in [7, 11) is 0. The second kappa shape index (κ2) is 8.81. The number of nitrogens with two attached hydrogens (primary N) is 1. The summed E-state index contributed by atoms with van der Waals surface area (Å²) in [6.07, 6.45) is 1.26. The van der Waals surface area contributed by atoms with Crippen molar-refractivity contribution in [3.05, 3.63) is 0 Å². The maximum absolute atomic E-state index is 12.7. The van der Waals surface area contributed by atoms with Gasteiger partial charge in [0.15, 0.2) is 6.04 Å². The number of hydrogen-bond donors (Lipinski definition) is 2. The summed E-state index contributed by atoms with van der Waals surface area (Å²) in [6.45, 7) is 11.2. The molecular formula is C18H33N3O5. The number of esters is 1. The Balaban J connectivity index is 2.84. The third-order valence-corrected chi connectivity index (χ3v) is 3.74. The zero-order valence-corrected chi connectivity index (χ0v) is 16.8. The maximum Gasteiger partial charge on any atom is 0.331 e. The lowest BCUT2D eigenvalue weighted by Gasteiger charge is -2.29. The fourth-order valence-corrected chi connectivity index (χ4v) is 2.60.